The van der Waals surface area contributed by atoms with Crippen molar-refractivity contribution in [1.29, 1.82) is 0 Å². The number of hydrogen-bond acceptors (Lipinski definition) is 3. The Bertz CT molecular complexity index is 1170. The van der Waals surface area contributed by atoms with Gasteiger partial charge in [-0.2, -0.15) is 0 Å². The summed E-state index contributed by atoms with van der Waals surface area (Å²) in [6.07, 6.45) is 2.03. The lowest BCUT2D eigenvalue weighted by molar-refractivity contribution is 0.0953. The molecule has 3 aromatic carbocycles. The van der Waals surface area contributed by atoms with Crippen LogP contribution in [-0.4, -0.2) is 43.5 Å². The van der Waals surface area contributed by atoms with Gasteiger partial charge in [0.15, 0.2) is 0 Å². The monoisotopic (exact) mass is 495 g/mol. The van der Waals surface area contributed by atoms with Crippen molar-refractivity contribution in [2.24, 2.45) is 0 Å². The van der Waals surface area contributed by atoms with E-state index in [-0.39, 0.29) is 24.4 Å². The van der Waals surface area contributed by atoms with E-state index in [4.69, 9.17) is 11.6 Å². The summed E-state index contributed by atoms with van der Waals surface area (Å²) in [6, 6.07) is 20.9. The highest BCUT2D eigenvalue weighted by Gasteiger charge is 2.36. The van der Waals surface area contributed by atoms with Gasteiger partial charge < -0.3 is 10.6 Å². The molecule has 3 aromatic rings. The van der Waals surface area contributed by atoms with Gasteiger partial charge in [0, 0.05) is 48.9 Å². The summed E-state index contributed by atoms with van der Waals surface area (Å²) in [6.45, 7) is 6.73. The first-order valence-corrected chi connectivity index (χ1v) is 12.3. The van der Waals surface area contributed by atoms with Crippen molar-refractivity contribution >= 4 is 29.9 Å². The van der Waals surface area contributed by atoms with Crippen molar-refractivity contribution in [3.63, 3.8) is 0 Å². The molecule has 2 aliphatic rings. The lowest BCUT2D eigenvalue weighted by Crippen LogP contribution is -2.45. The average Bonchev–Trinajstić information content (AvgIpc) is 3.19. The lowest BCUT2D eigenvalue weighted by Gasteiger charge is -2.34. The van der Waals surface area contributed by atoms with Crippen LogP contribution in [0.5, 0.6) is 0 Å². The molecule has 1 saturated heterocycles. The van der Waals surface area contributed by atoms with Crippen LogP contribution in [0.2, 0.25) is 5.02 Å². The van der Waals surface area contributed by atoms with Crippen molar-refractivity contribution < 1.29 is 4.79 Å². The summed E-state index contributed by atoms with van der Waals surface area (Å²) in [5, 5.41) is 7.27. The van der Waals surface area contributed by atoms with Gasteiger partial charge in [-0.3, -0.25) is 9.69 Å². The van der Waals surface area contributed by atoms with E-state index in [2.05, 4.69) is 58.9 Å². The number of fused-ring (bicyclic) bond motifs is 3. The maximum absolute atomic E-state index is 13.2. The third-order valence-corrected chi connectivity index (χ3v) is 7.08. The minimum Gasteiger partial charge on any atom is -0.352 e. The van der Waals surface area contributed by atoms with E-state index in [0.29, 0.717) is 17.1 Å². The van der Waals surface area contributed by atoms with Crippen molar-refractivity contribution in [2.45, 2.75) is 25.8 Å². The van der Waals surface area contributed by atoms with Crippen molar-refractivity contribution in [3.8, 4) is 22.3 Å². The standard InChI is InChI=1S/C28H30ClN3O.ClH/c1-2-3-12-31-28(33)19-17-23(20-8-6-7-11-25(20)29)26-21-9-4-5-10-22(21)27(24(26)18-19)32-15-13-30-14-16-32;/h4-11,17-18,27,30H,2-3,12-16H2,1H3,(H,31,33);1H. The van der Waals surface area contributed by atoms with Gasteiger partial charge >= 0.3 is 0 Å². The Balaban J connectivity index is 0.00000274. The maximum atomic E-state index is 13.2. The quantitative estimate of drug-likeness (QED) is 0.416. The van der Waals surface area contributed by atoms with Crippen LogP contribution in [0, 0.1) is 0 Å². The Morgan fingerprint density at radius 1 is 1.00 bits per heavy atom. The summed E-state index contributed by atoms with van der Waals surface area (Å²) in [7, 11) is 0. The number of unbranched alkanes of at least 4 members (excludes halogenated alkanes) is 1. The third-order valence-electron chi connectivity index (χ3n) is 6.75. The number of carbonyl (C=O) groups is 1. The molecular weight excluding hydrogens is 465 g/mol. The fraction of sp³-hybridized carbons (Fsp3) is 0.321. The normalized spacial score (nSPS) is 16.9. The Morgan fingerprint density at radius 2 is 1.71 bits per heavy atom. The number of nitrogens with zero attached hydrogens (tertiary/aromatic N) is 1. The van der Waals surface area contributed by atoms with E-state index in [0.717, 1.165) is 50.1 Å². The predicted octanol–water partition coefficient (Wildman–Crippen LogP) is 5.93. The van der Waals surface area contributed by atoms with E-state index in [9.17, 15) is 4.79 Å². The summed E-state index contributed by atoms with van der Waals surface area (Å²) >= 11 is 6.69. The van der Waals surface area contributed by atoms with Crippen LogP contribution in [0.1, 0.15) is 47.3 Å². The van der Waals surface area contributed by atoms with Gasteiger partial charge in [0.1, 0.15) is 0 Å². The molecule has 1 aliphatic carbocycles. The fourth-order valence-corrected chi connectivity index (χ4v) is 5.39. The number of carbonyl (C=O) groups excluding carboxylic acids is 1. The molecule has 2 N–H and O–H groups in total. The molecule has 1 atom stereocenters. The molecule has 0 saturated carbocycles. The molecule has 0 spiro atoms. The minimum absolute atomic E-state index is 0. The molecule has 1 fully saturated rings. The number of hydrogen-bond donors (Lipinski definition) is 2. The summed E-state index contributed by atoms with van der Waals surface area (Å²) < 4.78 is 0. The molecule has 0 radical (unpaired) electrons. The molecule has 0 bridgehead atoms. The van der Waals surface area contributed by atoms with E-state index in [1.807, 2.05) is 24.3 Å². The van der Waals surface area contributed by atoms with Crippen LogP contribution in [0.4, 0.5) is 0 Å². The molecule has 178 valence electrons. The largest absolute Gasteiger partial charge is 0.352 e. The molecule has 1 aliphatic heterocycles. The first kappa shape index (κ1) is 24.7. The Labute approximate surface area is 213 Å². The molecule has 0 aromatic heterocycles. The minimum atomic E-state index is -0.0189. The van der Waals surface area contributed by atoms with Crippen LogP contribution in [0.15, 0.2) is 60.7 Å². The lowest BCUT2D eigenvalue weighted by atomic mass is 9.91. The number of rotatable bonds is 6. The van der Waals surface area contributed by atoms with E-state index < -0.39 is 0 Å². The molecule has 5 rings (SSSR count). The van der Waals surface area contributed by atoms with E-state index in [1.54, 1.807) is 0 Å². The second kappa shape index (κ2) is 10.9. The van der Waals surface area contributed by atoms with E-state index >= 15 is 0 Å². The van der Waals surface area contributed by atoms with Crippen LogP contribution in [0.3, 0.4) is 0 Å². The Hall–Kier alpha value is -2.37. The summed E-state index contributed by atoms with van der Waals surface area (Å²) in [4.78, 5) is 15.7. The van der Waals surface area contributed by atoms with Crippen LogP contribution < -0.4 is 10.6 Å². The highest BCUT2D eigenvalue weighted by molar-refractivity contribution is 6.33. The molecule has 1 unspecified atom stereocenters. The highest BCUT2D eigenvalue weighted by atomic mass is 35.5. The van der Waals surface area contributed by atoms with Crippen LogP contribution >= 0.6 is 24.0 Å². The first-order valence-electron chi connectivity index (χ1n) is 11.9. The SMILES string of the molecule is CCCCNC(=O)c1cc(-c2ccccc2Cl)c2c(c1)C(N1CCNCC1)c1ccccc1-2.Cl. The first-order chi connectivity index (χ1) is 16.2. The Kier molecular flexibility index (Phi) is 7.95. The van der Waals surface area contributed by atoms with Gasteiger partial charge in [0.25, 0.3) is 5.91 Å². The molecule has 4 nitrogen and oxygen atoms in total. The molecule has 6 heteroatoms. The highest BCUT2D eigenvalue weighted by Crippen LogP contribution is 2.51. The topological polar surface area (TPSA) is 44.4 Å². The van der Waals surface area contributed by atoms with Crippen LogP contribution in [0.25, 0.3) is 22.3 Å². The number of nitrogens with one attached hydrogen (secondary N) is 2. The smallest absolute Gasteiger partial charge is 0.251 e. The van der Waals surface area contributed by atoms with E-state index in [1.165, 1.54) is 22.3 Å². The average molecular weight is 496 g/mol. The second-order valence-electron chi connectivity index (χ2n) is 8.85. The van der Waals surface area contributed by atoms with Crippen molar-refractivity contribution in [1.82, 2.24) is 15.5 Å². The number of halogens is 2. The molecule has 1 heterocycles. The maximum Gasteiger partial charge on any atom is 0.251 e. The van der Waals surface area contributed by atoms with Gasteiger partial charge in [0.05, 0.1) is 6.04 Å². The zero-order chi connectivity index (χ0) is 22.8. The zero-order valence-corrected chi connectivity index (χ0v) is 21.0. The summed E-state index contributed by atoms with van der Waals surface area (Å²) in [5.74, 6) is -0.0189. The van der Waals surface area contributed by atoms with Gasteiger partial charge in [0.2, 0.25) is 0 Å². The molecular formula is C28H31Cl2N3O. The number of amides is 1. The van der Waals surface area contributed by atoms with Crippen molar-refractivity contribution in [3.05, 3.63) is 82.4 Å². The Morgan fingerprint density at radius 3 is 2.44 bits per heavy atom. The molecule has 34 heavy (non-hydrogen) atoms. The van der Waals surface area contributed by atoms with Crippen LogP contribution in [-0.2, 0) is 0 Å². The van der Waals surface area contributed by atoms with Crippen molar-refractivity contribution in [2.75, 3.05) is 32.7 Å². The third kappa shape index (κ3) is 4.60. The molecule has 1 amide bonds. The van der Waals surface area contributed by atoms with Gasteiger partial charge in [-0.05, 0) is 52.4 Å². The second-order valence-corrected chi connectivity index (χ2v) is 9.26. The van der Waals surface area contributed by atoms with Gasteiger partial charge in [-0.15, -0.1) is 12.4 Å². The zero-order valence-electron chi connectivity index (χ0n) is 19.4. The number of piperazine rings is 1. The fourth-order valence-electron chi connectivity index (χ4n) is 5.15. The predicted molar refractivity (Wildman–Crippen MR) is 143 cm³/mol. The van der Waals surface area contributed by atoms with Gasteiger partial charge in [-0.1, -0.05) is 67.4 Å². The number of benzene rings is 3. The summed E-state index contributed by atoms with van der Waals surface area (Å²) in [5.41, 5.74) is 7.66. The van der Waals surface area contributed by atoms with Gasteiger partial charge in [-0.25, -0.2) is 0 Å².